The molecule has 1 aliphatic heterocycles. The molecule has 2 heterocycles. The van der Waals surface area contributed by atoms with Crippen LogP contribution < -0.4 is 0 Å². The fourth-order valence-corrected chi connectivity index (χ4v) is 3.11. The number of rotatable bonds is 6. The number of carbonyl (C=O) groups excluding carboxylic acids is 3. The molecule has 0 radical (unpaired) electrons. The van der Waals surface area contributed by atoms with Crippen LogP contribution in [0.5, 0.6) is 0 Å². The molecule has 1 aromatic heterocycles. The van der Waals surface area contributed by atoms with Crippen molar-refractivity contribution >= 4 is 23.9 Å². The lowest BCUT2D eigenvalue weighted by atomic mass is 9.95. The predicted molar refractivity (Wildman–Crippen MR) is 110 cm³/mol. The number of nitrogens with zero attached hydrogens (tertiary/aromatic N) is 3. The van der Waals surface area contributed by atoms with Crippen molar-refractivity contribution in [2.75, 3.05) is 19.8 Å². The van der Waals surface area contributed by atoms with Crippen molar-refractivity contribution in [2.45, 2.75) is 6.92 Å². The van der Waals surface area contributed by atoms with Gasteiger partial charge in [-0.05, 0) is 42.8 Å². The van der Waals surface area contributed by atoms with Gasteiger partial charge in [-0.2, -0.15) is 10.5 Å². The second kappa shape index (κ2) is 9.56. The van der Waals surface area contributed by atoms with Crippen LogP contribution in [0.3, 0.4) is 0 Å². The summed E-state index contributed by atoms with van der Waals surface area (Å²) in [6, 6.07) is 13.2. The van der Waals surface area contributed by atoms with Crippen LogP contribution >= 0.6 is 0 Å². The zero-order chi connectivity index (χ0) is 23.3. The van der Waals surface area contributed by atoms with E-state index in [1.807, 2.05) is 6.07 Å². The number of ether oxygens (including phenoxy) is 1. The molecule has 32 heavy (non-hydrogen) atoms. The molecule has 0 fully saturated rings. The quantitative estimate of drug-likeness (QED) is 0.416. The Morgan fingerprint density at radius 3 is 2.50 bits per heavy atom. The van der Waals surface area contributed by atoms with Crippen molar-refractivity contribution in [2.24, 2.45) is 0 Å². The molecule has 1 N–H and O–H groups in total. The molecule has 1 aliphatic rings. The zero-order valence-electron chi connectivity index (χ0n) is 17.0. The molecule has 1 aromatic carbocycles. The predicted octanol–water partition coefficient (Wildman–Crippen LogP) is 2.21. The van der Waals surface area contributed by atoms with Gasteiger partial charge in [0, 0.05) is 11.1 Å². The lowest BCUT2D eigenvalue weighted by molar-refractivity contribution is -0.141. The van der Waals surface area contributed by atoms with Gasteiger partial charge in [0.05, 0.1) is 18.7 Å². The summed E-state index contributed by atoms with van der Waals surface area (Å²) < 4.78 is 10.5. The van der Waals surface area contributed by atoms with E-state index < -0.39 is 24.4 Å². The third kappa shape index (κ3) is 4.33. The van der Waals surface area contributed by atoms with Crippen LogP contribution in [0.1, 0.15) is 23.0 Å². The minimum atomic E-state index is -0.741. The highest BCUT2D eigenvalue weighted by Gasteiger charge is 2.35. The Labute approximate surface area is 183 Å². The first-order chi connectivity index (χ1) is 15.4. The Morgan fingerprint density at radius 1 is 1.16 bits per heavy atom. The van der Waals surface area contributed by atoms with Crippen LogP contribution in [0.25, 0.3) is 17.4 Å². The van der Waals surface area contributed by atoms with Crippen LogP contribution in [-0.2, 0) is 14.3 Å². The summed E-state index contributed by atoms with van der Waals surface area (Å²) in [5.41, 5.74) is 1.11. The molecule has 2 amide bonds. The van der Waals surface area contributed by atoms with Crippen LogP contribution in [0.15, 0.2) is 57.5 Å². The Kier molecular flexibility index (Phi) is 6.64. The number of carbonyl (C=O) groups is 3. The zero-order valence-corrected chi connectivity index (χ0v) is 17.0. The Morgan fingerprint density at radius 2 is 1.88 bits per heavy atom. The Hall–Kier alpha value is -4.47. The first-order valence-corrected chi connectivity index (χ1v) is 9.45. The van der Waals surface area contributed by atoms with Gasteiger partial charge in [-0.3, -0.25) is 14.5 Å². The number of benzene rings is 1. The van der Waals surface area contributed by atoms with Gasteiger partial charge in [-0.25, -0.2) is 4.79 Å². The number of furan rings is 1. The molecular formula is C23H17N3O6. The largest absolute Gasteiger partial charge is 0.457 e. The molecule has 3 rings (SSSR count). The van der Waals surface area contributed by atoms with Crippen molar-refractivity contribution in [3.8, 4) is 23.5 Å². The molecular weight excluding hydrogens is 414 g/mol. The fraction of sp³-hybridized carbons (Fsp3) is 0.174. The van der Waals surface area contributed by atoms with Crippen LogP contribution in [-0.4, -0.2) is 47.5 Å². The summed E-state index contributed by atoms with van der Waals surface area (Å²) in [7, 11) is 0. The van der Waals surface area contributed by atoms with E-state index in [0.29, 0.717) is 17.1 Å². The second-order valence-corrected chi connectivity index (χ2v) is 6.67. The van der Waals surface area contributed by atoms with Crippen molar-refractivity contribution in [3.05, 3.63) is 64.4 Å². The maximum atomic E-state index is 12.7. The number of esters is 1. The molecule has 9 nitrogen and oxygen atoms in total. The van der Waals surface area contributed by atoms with Crippen LogP contribution in [0, 0.1) is 22.7 Å². The second-order valence-electron chi connectivity index (χ2n) is 6.67. The Bertz CT molecular complexity index is 1220. The maximum absolute atomic E-state index is 12.7. The SMILES string of the molecule is CC1=C(C#N)C(=O)N(CCO)C(=O)/C1=C/c1ccc(-c2ccc(C(=O)OCC#N)cc2)o1. The van der Waals surface area contributed by atoms with Gasteiger partial charge in [-0.15, -0.1) is 0 Å². The molecule has 2 aromatic rings. The van der Waals surface area contributed by atoms with Gasteiger partial charge >= 0.3 is 5.97 Å². The third-order valence-corrected chi connectivity index (χ3v) is 4.74. The third-order valence-electron chi connectivity index (χ3n) is 4.74. The molecule has 0 saturated carbocycles. The average Bonchev–Trinajstić information content (AvgIpc) is 3.27. The molecule has 160 valence electrons. The summed E-state index contributed by atoms with van der Waals surface area (Å²) in [6.07, 6.45) is 1.43. The highest BCUT2D eigenvalue weighted by atomic mass is 16.5. The highest BCUT2D eigenvalue weighted by molar-refractivity contribution is 6.19. The lowest BCUT2D eigenvalue weighted by Crippen LogP contribution is -2.44. The first kappa shape index (κ1) is 22.2. The van der Waals surface area contributed by atoms with Gasteiger partial charge in [-0.1, -0.05) is 12.1 Å². The van der Waals surface area contributed by atoms with Gasteiger partial charge in [0.25, 0.3) is 11.8 Å². The molecule has 0 unspecified atom stereocenters. The average molecular weight is 431 g/mol. The van der Waals surface area contributed by atoms with Gasteiger partial charge in [0.2, 0.25) is 0 Å². The number of β-amino-alcohol motifs (C(OH)–C–C–N with tert-alkyl or cyclic N) is 1. The molecule has 0 bridgehead atoms. The van der Waals surface area contributed by atoms with E-state index in [-0.39, 0.29) is 35.4 Å². The number of aliphatic hydroxyl groups is 1. The molecule has 0 aliphatic carbocycles. The normalized spacial score (nSPS) is 15.0. The van der Waals surface area contributed by atoms with E-state index in [1.54, 1.807) is 30.3 Å². The van der Waals surface area contributed by atoms with Gasteiger partial charge in [0.1, 0.15) is 29.2 Å². The summed E-state index contributed by atoms with van der Waals surface area (Å²) >= 11 is 0. The van der Waals surface area contributed by atoms with E-state index in [9.17, 15) is 19.6 Å². The smallest absolute Gasteiger partial charge is 0.339 e. The van der Waals surface area contributed by atoms with E-state index in [1.165, 1.54) is 25.1 Å². The Balaban J connectivity index is 1.89. The van der Waals surface area contributed by atoms with Crippen LogP contribution in [0.2, 0.25) is 0 Å². The van der Waals surface area contributed by atoms with Gasteiger partial charge in [0.15, 0.2) is 6.61 Å². The lowest BCUT2D eigenvalue weighted by Gasteiger charge is -2.26. The molecule has 0 saturated heterocycles. The molecule has 0 atom stereocenters. The van der Waals surface area contributed by atoms with Crippen LogP contribution in [0.4, 0.5) is 0 Å². The molecule has 0 spiro atoms. The van der Waals surface area contributed by atoms with E-state index >= 15 is 0 Å². The molecule has 9 heteroatoms. The number of nitriles is 2. The number of amides is 2. The van der Waals surface area contributed by atoms with E-state index in [2.05, 4.69) is 0 Å². The van der Waals surface area contributed by atoms with Crippen molar-refractivity contribution < 1.29 is 28.6 Å². The summed E-state index contributed by atoms with van der Waals surface area (Å²) in [5, 5.41) is 27.0. The topological polar surface area (TPSA) is 145 Å². The van der Waals surface area contributed by atoms with Crippen molar-refractivity contribution in [3.63, 3.8) is 0 Å². The first-order valence-electron chi connectivity index (χ1n) is 9.45. The van der Waals surface area contributed by atoms with E-state index in [0.717, 1.165) is 4.90 Å². The van der Waals surface area contributed by atoms with E-state index in [4.69, 9.17) is 19.5 Å². The number of aliphatic hydroxyl groups excluding tert-OH is 1. The number of hydrogen-bond acceptors (Lipinski definition) is 8. The van der Waals surface area contributed by atoms with Crippen molar-refractivity contribution in [1.82, 2.24) is 4.90 Å². The summed E-state index contributed by atoms with van der Waals surface area (Å²) in [5.74, 6) is -1.21. The summed E-state index contributed by atoms with van der Waals surface area (Å²) in [4.78, 5) is 37.6. The number of hydrogen-bond donors (Lipinski definition) is 1. The fourth-order valence-electron chi connectivity index (χ4n) is 3.11. The minimum absolute atomic E-state index is 0.117. The highest BCUT2D eigenvalue weighted by Crippen LogP contribution is 2.29. The minimum Gasteiger partial charge on any atom is -0.457 e. The number of imide groups is 1. The van der Waals surface area contributed by atoms with Gasteiger partial charge < -0.3 is 14.3 Å². The summed E-state index contributed by atoms with van der Waals surface area (Å²) in [6.45, 7) is 0.524. The standard InChI is InChI=1S/C23H17N3O6/c1-14-18(21(28)26(9-10-27)22(29)19(14)13-25)12-17-6-7-20(32-17)15-2-4-16(5-3-15)23(30)31-11-8-24/h2-7,12,27H,9-11H2,1H3/b18-12+. The van der Waals surface area contributed by atoms with Crippen molar-refractivity contribution in [1.29, 1.82) is 10.5 Å². The maximum Gasteiger partial charge on any atom is 0.339 e. The monoisotopic (exact) mass is 431 g/mol.